The topological polar surface area (TPSA) is 61.4 Å². The second-order valence-corrected chi connectivity index (χ2v) is 6.00. The molecule has 0 unspecified atom stereocenters. The maximum atomic E-state index is 11.4. The Morgan fingerprint density at radius 3 is 2.29 bits per heavy atom. The van der Waals surface area contributed by atoms with Crippen molar-refractivity contribution < 1.29 is 9.90 Å². The average Bonchev–Trinajstić information content (AvgIpc) is 2.29. The predicted molar refractivity (Wildman–Crippen MR) is 68.9 cm³/mol. The fourth-order valence-corrected chi connectivity index (χ4v) is 2.11. The van der Waals surface area contributed by atoms with E-state index in [1.165, 1.54) is 0 Å². The van der Waals surface area contributed by atoms with Crippen molar-refractivity contribution >= 4 is 6.03 Å². The molecule has 1 aliphatic rings. The SMILES string of the molecule is CCCNC(=O)NCC1(O)CCC(C)(C)CC1. The minimum absolute atomic E-state index is 0.176. The van der Waals surface area contributed by atoms with Crippen molar-refractivity contribution in [3.63, 3.8) is 0 Å². The second kappa shape index (κ2) is 5.71. The first-order chi connectivity index (χ1) is 7.87. The maximum absolute atomic E-state index is 11.4. The summed E-state index contributed by atoms with van der Waals surface area (Å²) in [7, 11) is 0. The zero-order chi connectivity index (χ0) is 12.9. The van der Waals surface area contributed by atoms with E-state index in [0.717, 1.165) is 32.1 Å². The molecule has 1 fully saturated rings. The average molecular weight is 242 g/mol. The van der Waals surface area contributed by atoms with Gasteiger partial charge in [0, 0.05) is 13.1 Å². The van der Waals surface area contributed by atoms with E-state index in [1.807, 2.05) is 6.92 Å². The van der Waals surface area contributed by atoms with Crippen LogP contribution in [-0.2, 0) is 0 Å². The number of carbonyl (C=O) groups excluding carboxylic acids is 1. The van der Waals surface area contributed by atoms with Gasteiger partial charge >= 0.3 is 6.03 Å². The summed E-state index contributed by atoms with van der Waals surface area (Å²) in [6.07, 6.45) is 4.50. The van der Waals surface area contributed by atoms with Crippen molar-refractivity contribution in [3.8, 4) is 0 Å². The van der Waals surface area contributed by atoms with Gasteiger partial charge in [-0.1, -0.05) is 20.8 Å². The summed E-state index contributed by atoms with van der Waals surface area (Å²) < 4.78 is 0. The summed E-state index contributed by atoms with van der Waals surface area (Å²) in [6, 6.07) is -0.176. The monoisotopic (exact) mass is 242 g/mol. The molecule has 17 heavy (non-hydrogen) atoms. The molecule has 2 amide bonds. The van der Waals surface area contributed by atoms with Gasteiger partial charge in [0.05, 0.1) is 5.60 Å². The fraction of sp³-hybridized carbons (Fsp3) is 0.923. The zero-order valence-corrected chi connectivity index (χ0v) is 11.3. The normalized spacial score (nSPS) is 21.9. The summed E-state index contributed by atoms with van der Waals surface area (Å²) in [5.74, 6) is 0. The van der Waals surface area contributed by atoms with Crippen molar-refractivity contribution in [2.45, 2.75) is 58.5 Å². The van der Waals surface area contributed by atoms with Crippen LogP contribution < -0.4 is 10.6 Å². The third kappa shape index (κ3) is 4.94. The molecular weight excluding hydrogens is 216 g/mol. The third-order valence-electron chi connectivity index (χ3n) is 3.65. The van der Waals surface area contributed by atoms with Crippen LogP contribution in [0.1, 0.15) is 52.9 Å². The van der Waals surface area contributed by atoms with Gasteiger partial charge in [0.15, 0.2) is 0 Å². The predicted octanol–water partition coefficient (Wildman–Crippen LogP) is 2.03. The van der Waals surface area contributed by atoms with Crippen LogP contribution in [0, 0.1) is 5.41 Å². The highest BCUT2D eigenvalue weighted by atomic mass is 16.3. The fourth-order valence-electron chi connectivity index (χ4n) is 2.11. The van der Waals surface area contributed by atoms with E-state index in [9.17, 15) is 9.90 Å². The van der Waals surface area contributed by atoms with E-state index in [4.69, 9.17) is 0 Å². The van der Waals surface area contributed by atoms with Gasteiger partial charge in [0.2, 0.25) is 0 Å². The first kappa shape index (κ1) is 14.3. The van der Waals surface area contributed by atoms with E-state index >= 15 is 0 Å². The highest BCUT2D eigenvalue weighted by molar-refractivity contribution is 5.73. The molecule has 3 N–H and O–H groups in total. The first-order valence-electron chi connectivity index (χ1n) is 6.61. The van der Waals surface area contributed by atoms with Gasteiger partial charge in [-0.2, -0.15) is 0 Å². The van der Waals surface area contributed by atoms with Crippen LogP contribution in [0.5, 0.6) is 0 Å². The van der Waals surface area contributed by atoms with Crippen LogP contribution in [0.25, 0.3) is 0 Å². The molecule has 0 aromatic rings. The van der Waals surface area contributed by atoms with E-state index in [0.29, 0.717) is 18.5 Å². The number of aliphatic hydroxyl groups is 1. The van der Waals surface area contributed by atoms with Gasteiger partial charge in [0.25, 0.3) is 0 Å². The van der Waals surface area contributed by atoms with Crippen LogP contribution in [0.4, 0.5) is 4.79 Å². The molecule has 1 aliphatic carbocycles. The van der Waals surface area contributed by atoms with Crippen LogP contribution in [0.3, 0.4) is 0 Å². The van der Waals surface area contributed by atoms with Gasteiger partial charge in [-0.05, 0) is 37.5 Å². The summed E-state index contributed by atoms with van der Waals surface area (Å²) >= 11 is 0. The highest BCUT2D eigenvalue weighted by Gasteiger charge is 2.36. The minimum Gasteiger partial charge on any atom is -0.388 e. The summed E-state index contributed by atoms with van der Waals surface area (Å²) in [4.78, 5) is 11.4. The third-order valence-corrected chi connectivity index (χ3v) is 3.65. The smallest absolute Gasteiger partial charge is 0.314 e. The Bertz CT molecular complexity index is 254. The molecule has 0 aromatic carbocycles. The molecule has 1 rings (SSSR count). The molecule has 4 heteroatoms. The van der Waals surface area contributed by atoms with E-state index in [1.54, 1.807) is 0 Å². The summed E-state index contributed by atoms with van der Waals surface area (Å²) in [5, 5.41) is 15.8. The van der Waals surface area contributed by atoms with Crippen LogP contribution in [-0.4, -0.2) is 29.8 Å². The highest BCUT2D eigenvalue weighted by Crippen LogP contribution is 2.39. The van der Waals surface area contributed by atoms with Gasteiger partial charge < -0.3 is 15.7 Å². The molecule has 0 aromatic heterocycles. The maximum Gasteiger partial charge on any atom is 0.314 e. The molecule has 1 saturated carbocycles. The molecule has 100 valence electrons. The number of amides is 2. The first-order valence-corrected chi connectivity index (χ1v) is 6.61. The van der Waals surface area contributed by atoms with Crippen molar-refractivity contribution in [1.29, 1.82) is 0 Å². The van der Waals surface area contributed by atoms with Crippen molar-refractivity contribution in [3.05, 3.63) is 0 Å². The van der Waals surface area contributed by atoms with Crippen molar-refractivity contribution in [1.82, 2.24) is 10.6 Å². The lowest BCUT2D eigenvalue weighted by atomic mass is 9.71. The van der Waals surface area contributed by atoms with Crippen molar-refractivity contribution in [2.24, 2.45) is 5.41 Å². The lowest BCUT2D eigenvalue weighted by Gasteiger charge is -2.40. The molecule has 0 bridgehead atoms. The Labute approximate surface area is 104 Å². The number of hydrogen-bond acceptors (Lipinski definition) is 2. The molecule has 0 radical (unpaired) electrons. The largest absolute Gasteiger partial charge is 0.388 e. The Balaban J connectivity index is 2.29. The Morgan fingerprint density at radius 2 is 1.76 bits per heavy atom. The lowest BCUT2D eigenvalue weighted by Crippen LogP contribution is -2.49. The Kier molecular flexibility index (Phi) is 4.80. The molecule has 0 atom stereocenters. The number of urea groups is 1. The number of carbonyl (C=O) groups is 1. The van der Waals surface area contributed by atoms with Gasteiger partial charge in [-0.15, -0.1) is 0 Å². The Morgan fingerprint density at radius 1 is 1.18 bits per heavy atom. The van der Waals surface area contributed by atoms with Gasteiger partial charge in [-0.3, -0.25) is 0 Å². The van der Waals surface area contributed by atoms with E-state index in [-0.39, 0.29) is 6.03 Å². The minimum atomic E-state index is -0.709. The van der Waals surface area contributed by atoms with Gasteiger partial charge in [-0.25, -0.2) is 4.79 Å². The molecule has 0 spiro atoms. The van der Waals surface area contributed by atoms with Crippen LogP contribution >= 0.6 is 0 Å². The summed E-state index contributed by atoms with van der Waals surface area (Å²) in [6.45, 7) is 7.51. The number of nitrogens with one attached hydrogen (secondary N) is 2. The quantitative estimate of drug-likeness (QED) is 0.706. The standard InChI is InChI=1S/C13H26N2O2/c1-4-9-14-11(16)15-10-13(17)7-5-12(2,3)6-8-13/h17H,4-10H2,1-3H3,(H2,14,15,16). The van der Waals surface area contributed by atoms with Crippen LogP contribution in [0.2, 0.25) is 0 Å². The van der Waals surface area contributed by atoms with Gasteiger partial charge in [0.1, 0.15) is 0 Å². The zero-order valence-electron chi connectivity index (χ0n) is 11.3. The summed E-state index contributed by atoms with van der Waals surface area (Å²) in [5.41, 5.74) is -0.379. The molecule has 0 saturated heterocycles. The number of rotatable bonds is 4. The molecule has 0 heterocycles. The van der Waals surface area contributed by atoms with Crippen LogP contribution in [0.15, 0.2) is 0 Å². The molecule has 4 nitrogen and oxygen atoms in total. The lowest BCUT2D eigenvalue weighted by molar-refractivity contribution is -0.0222. The van der Waals surface area contributed by atoms with E-state index in [2.05, 4.69) is 24.5 Å². The second-order valence-electron chi connectivity index (χ2n) is 6.00. The Hall–Kier alpha value is -0.770. The molecule has 0 aliphatic heterocycles. The van der Waals surface area contributed by atoms with E-state index < -0.39 is 5.60 Å². The number of hydrogen-bond donors (Lipinski definition) is 3. The van der Waals surface area contributed by atoms with Crippen molar-refractivity contribution in [2.75, 3.05) is 13.1 Å². The molecular formula is C13H26N2O2.